The second kappa shape index (κ2) is 5.64. The van der Waals surface area contributed by atoms with Crippen molar-refractivity contribution < 1.29 is 9.63 Å². The fourth-order valence-corrected chi connectivity index (χ4v) is 5.11. The van der Waals surface area contributed by atoms with E-state index in [1.807, 2.05) is 0 Å². The molecule has 3 unspecified atom stereocenters. The van der Waals surface area contributed by atoms with E-state index < -0.39 is 5.97 Å². The summed E-state index contributed by atoms with van der Waals surface area (Å²) in [5.74, 6) is 0.181. The first-order chi connectivity index (χ1) is 10.4. The summed E-state index contributed by atoms with van der Waals surface area (Å²) in [5.41, 5.74) is 1.69. The maximum atomic E-state index is 12.1. The summed E-state index contributed by atoms with van der Waals surface area (Å²) in [6.45, 7) is 4.55. The van der Waals surface area contributed by atoms with Crippen LogP contribution in [0.5, 0.6) is 0 Å². The van der Waals surface area contributed by atoms with Gasteiger partial charge in [-0.15, -0.1) is 0 Å². The summed E-state index contributed by atoms with van der Waals surface area (Å²) in [6, 6.07) is 6.64. The van der Waals surface area contributed by atoms with Gasteiger partial charge in [-0.1, -0.05) is 46.5 Å². The molecule has 0 aliphatic heterocycles. The molecule has 2 saturated carbocycles. The van der Waals surface area contributed by atoms with Crippen LogP contribution in [0.25, 0.3) is 0 Å². The van der Waals surface area contributed by atoms with Gasteiger partial charge in [0.1, 0.15) is 0 Å². The smallest absolute Gasteiger partial charge is 0.313 e. The van der Waals surface area contributed by atoms with Crippen LogP contribution in [-0.4, -0.2) is 17.0 Å². The van der Waals surface area contributed by atoms with Crippen LogP contribution in [0.15, 0.2) is 29.4 Å². The van der Waals surface area contributed by atoms with Gasteiger partial charge in [0.15, 0.2) is 0 Å². The molecule has 0 N–H and O–H groups in total. The van der Waals surface area contributed by atoms with E-state index in [0.29, 0.717) is 16.5 Å². The van der Waals surface area contributed by atoms with E-state index in [2.05, 4.69) is 34.9 Å². The van der Waals surface area contributed by atoms with Gasteiger partial charge in [0.25, 0.3) is 0 Å². The number of rotatable bonds is 3. The van der Waals surface area contributed by atoms with E-state index in [1.54, 1.807) is 24.3 Å². The Kier molecular flexibility index (Phi) is 4.11. The average molecular weight is 385 g/mol. The van der Waals surface area contributed by atoms with Crippen molar-refractivity contribution in [3.05, 3.63) is 34.9 Å². The van der Waals surface area contributed by atoms with Crippen molar-refractivity contribution in [3.8, 4) is 0 Å². The Morgan fingerprint density at radius 3 is 2.68 bits per heavy atom. The average Bonchev–Trinajstić information content (AvgIpc) is 2.89. The summed E-state index contributed by atoms with van der Waals surface area (Å²) < 4.78 is 0. The largest absolute Gasteiger partial charge is 0.365 e. The number of hydrogen-bond acceptors (Lipinski definition) is 3. The molecular formula is C17H19BrClNO2. The summed E-state index contributed by atoms with van der Waals surface area (Å²) in [6.07, 6.45) is 3.26. The van der Waals surface area contributed by atoms with Crippen LogP contribution in [0.1, 0.15) is 43.5 Å². The number of carbonyl (C=O) groups excluding carboxylic acids is 1. The van der Waals surface area contributed by atoms with E-state index in [4.69, 9.17) is 16.4 Å². The van der Waals surface area contributed by atoms with Crippen molar-refractivity contribution in [1.29, 1.82) is 0 Å². The third kappa shape index (κ3) is 2.31. The highest BCUT2D eigenvalue weighted by Gasteiger charge is 2.62. The minimum Gasteiger partial charge on any atom is -0.313 e. The van der Waals surface area contributed by atoms with Crippen molar-refractivity contribution in [3.63, 3.8) is 0 Å². The molecule has 1 aromatic rings. The highest BCUT2D eigenvalue weighted by molar-refractivity contribution is 9.09. The lowest BCUT2D eigenvalue weighted by Crippen LogP contribution is -2.36. The highest BCUT2D eigenvalue weighted by Crippen LogP contribution is 2.64. The van der Waals surface area contributed by atoms with Crippen LogP contribution >= 0.6 is 27.5 Å². The first-order valence-electron chi connectivity index (χ1n) is 7.51. The standard InChI is InChI=1S/C17H19BrClNO2/c1-16-8-7-12(17(16,2)10-18)9-14(16)20-22-15(21)11-3-5-13(19)6-4-11/h3-6,12H,7-10H2,1-2H3/b20-14+. The van der Waals surface area contributed by atoms with Crippen molar-refractivity contribution in [2.45, 2.75) is 33.1 Å². The molecule has 22 heavy (non-hydrogen) atoms. The normalized spacial score (nSPS) is 35.1. The molecule has 0 spiro atoms. The van der Waals surface area contributed by atoms with Crippen LogP contribution < -0.4 is 0 Å². The zero-order valence-electron chi connectivity index (χ0n) is 12.7. The van der Waals surface area contributed by atoms with Gasteiger partial charge >= 0.3 is 5.97 Å². The Morgan fingerprint density at radius 1 is 1.41 bits per heavy atom. The first-order valence-corrected chi connectivity index (χ1v) is 9.01. The van der Waals surface area contributed by atoms with Crippen molar-refractivity contribution in [2.24, 2.45) is 21.9 Å². The van der Waals surface area contributed by atoms with Gasteiger partial charge in [-0.3, -0.25) is 0 Å². The first kappa shape index (κ1) is 16.0. The monoisotopic (exact) mass is 383 g/mol. The van der Waals surface area contributed by atoms with Gasteiger partial charge in [0, 0.05) is 15.8 Å². The molecule has 0 radical (unpaired) electrons. The van der Waals surface area contributed by atoms with E-state index in [-0.39, 0.29) is 10.8 Å². The Morgan fingerprint density at radius 2 is 2.09 bits per heavy atom. The number of hydrogen-bond donors (Lipinski definition) is 0. The van der Waals surface area contributed by atoms with E-state index >= 15 is 0 Å². The lowest BCUT2D eigenvalue weighted by Gasteiger charge is -2.36. The van der Waals surface area contributed by atoms with Gasteiger partial charge < -0.3 is 4.84 Å². The van der Waals surface area contributed by atoms with E-state index in [1.165, 1.54) is 6.42 Å². The molecular weight excluding hydrogens is 366 g/mol. The predicted molar refractivity (Wildman–Crippen MR) is 91.7 cm³/mol. The highest BCUT2D eigenvalue weighted by atomic mass is 79.9. The SMILES string of the molecule is CC12CCC(C/C1=N\OC(=O)c1ccc(Cl)cc1)C2(C)CBr. The second-order valence-electron chi connectivity index (χ2n) is 6.75. The van der Waals surface area contributed by atoms with Crippen LogP contribution in [0.3, 0.4) is 0 Å². The lowest BCUT2D eigenvalue weighted by atomic mass is 9.70. The van der Waals surface area contributed by atoms with Crippen molar-refractivity contribution in [1.82, 2.24) is 0 Å². The Balaban J connectivity index is 1.77. The van der Waals surface area contributed by atoms with Gasteiger partial charge in [0.2, 0.25) is 0 Å². The molecule has 0 heterocycles. The van der Waals surface area contributed by atoms with Gasteiger partial charge in [-0.25, -0.2) is 4.79 Å². The van der Waals surface area contributed by atoms with Gasteiger partial charge in [-0.2, -0.15) is 0 Å². The number of fused-ring (bicyclic) bond motifs is 2. The molecule has 2 aliphatic carbocycles. The van der Waals surface area contributed by atoms with Crippen molar-refractivity contribution >= 4 is 39.2 Å². The minimum atomic E-state index is -0.434. The molecule has 5 heteroatoms. The molecule has 3 rings (SSSR count). The summed E-state index contributed by atoms with van der Waals surface area (Å²) in [7, 11) is 0. The summed E-state index contributed by atoms with van der Waals surface area (Å²) in [5, 5.41) is 5.78. The minimum absolute atomic E-state index is 0.0153. The Bertz CT molecular complexity index is 630. The third-order valence-electron chi connectivity index (χ3n) is 5.83. The van der Waals surface area contributed by atoms with Gasteiger partial charge in [-0.05, 0) is 54.9 Å². The number of oxime groups is 1. The Hall–Kier alpha value is -0.870. The van der Waals surface area contributed by atoms with Crippen LogP contribution in [0.4, 0.5) is 0 Å². The fourth-order valence-electron chi connectivity index (χ4n) is 3.91. The molecule has 0 saturated heterocycles. The summed E-state index contributed by atoms with van der Waals surface area (Å²) in [4.78, 5) is 17.3. The lowest BCUT2D eigenvalue weighted by molar-refractivity contribution is 0.0508. The van der Waals surface area contributed by atoms with Gasteiger partial charge in [0.05, 0.1) is 11.3 Å². The summed E-state index contributed by atoms with van der Waals surface area (Å²) >= 11 is 9.49. The third-order valence-corrected chi connectivity index (χ3v) is 7.24. The molecule has 1 aromatic carbocycles. The molecule has 3 nitrogen and oxygen atoms in total. The van der Waals surface area contributed by atoms with Crippen LogP contribution in [0, 0.1) is 16.7 Å². The second-order valence-corrected chi connectivity index (χ2v) is 7.74. The zero-order valence-corrected chi connectivity index (χ0v) is 15.1. The van der Waals surface area contributed by atoms with E-state index in [0.717, 1.165) is 23.9 Å². The van der Waals surface area contributed by atoms with Crippen molar-refractivity contribution in [2.75, 3.05) is 5.33 Å². The number of alkyl halides is 1. The molecule has 2 fully saturated rings. The number of benzene rings is 1. The number of carbonyl (C=O) groups is 1. The molecule has 0 amide bonds. The predicted octanol–water partition coefficient (Wildman–Crippen LogP) is 5.07. The number of halogens is 2. The maximum Gasteiger partial charge on any atom is 0.365 e. The molecule has 118 valence electrons. The zero-order chi connectivity index (χ0) is 16.0. The maximum absolute atomic E-state index is 12.1. The topological polar surface area (TPSA) is 38.7 Å². The van der Waals surface area contributed by atoms with E-state index in [9.17, 15) is 4.79 Å². The molecule has 0 aromatic heterocycles. The molecule has 2 bridgehead atoms. The van der Waals surface area contributed by atoms with Crippen LogP contribution in [-0.2, 0) is 4.84 Å². The quantitative estimate of drug-likeness (QED) is 0.414. The number of nitrogens with zero attached hydrogens (tertiary/aromatic N) is 1. The van der Waals surface area contributed by atoms with Crippen LogP contribution in [0.2, 0.25) is 5.02 Å². The molecule has 2 aliphatic rings. The molecule has 3 atom stereocenters. The fraction of sp³-hybridized carbons (Fsp3) is 0.529. The Labute approximate surface area is 144 Å².